The van der Waals surface area contributed by atoms with E-state index in [0.717, 1.165) is 3.57 Å². The summed E-state index contributed by atoms with van der Waals surface area (Å²) in [5, 5.41) is 2.82. The minimum atomic E-state index is -4.19. The zero-order valence-corrected chi connectivity index (χ0v) is 13.5. The Kier molecular flexibility index (Phi) is 7.00. The number of rotatable bonds is 8. The number of halogens is 5. The van der Waals surface area contributed by atoms with Crippen LogP contribution in [0.15, 0.2) is 0 Å². The quantitative estimate of drug-likeness (QED) is 0.515. The van der Waals surface area contributed by atoms with Crippen LogP contribution in [0.3, 0.4) is 0 Å². The van der Waals surface area contributed by atoms with Crippen LogP contribution >= 0.6 is 22.6 Å². The van der Waals surface area contributed by atoms with Gasteiger partial charge in [0.15, 0.2) is 5.82 Å². The number of hydrogen-bond acceptors (Lipinski definition) is 5. The summed E-state index contributed by atoms with van der Waals surface area (Å²) in [4.78, 5) is 8.15. The van der Waals surface area contributed by atoms with Gasteiger partial charge < -0.3 is 14.8 Å². The van der Waals surface area contributed by atoms with Crippen molar-refractivity contribution >= 4 is 28.4 Å². The summed E-state index contributed by atoms with van der Waals surface area (Å²) in [7, 11) is 3.12. The number of anilines is 1. The molecule has 0 aliphatic heterocycles. The highest BCUT2D eigenvalue weighted by Crippen LogP contribution is 2.24. The molecule has 21 heavy (non-hydrogen) atoms. The summed E-state index contributed by atoms with van der Waals surface area (Å²) in [6, 6.07) is 0. The summed E-state index contributed by atoms with van der Waals surface area (Å²) in [6.07, 6.45) is -3.77. The van der Waals surface area contributed by atoms with E-state index in [1.165, 1.54) is 7.11 Å². The van der Waals surface area contributed by atoms with Crippen molar-refractivity contribution in [2.45, 2.75) is 25.6 Å². The van der Waals surface area contributed by atoms with Gasteiger partial charge in [0.25, 0.3) is 0 Å². The molecule has 0 spiro atoms. The van der Waals surface area contributed by atoms with Crippen LogP contribution < -0.4 is 5.32 Å². The van der Waals surface area contributed by atoms with E-state index in [9.17, 15) is 17.6 Å². The standard InChI is InChI=1S/C11H14F4IN3O2/c1-17-9-8(16)6(3-20-2)18-7(19-9)4-21-5-11(14,15)10(12)13/h10H,3-5H2,1-2H3,(H,17,18,19). The van der Waals surface area contributed by atoms with Gasteiger partial charge in [0.1, 0.15) is 19.0 Å². The maximum atomic E-state index is 12.7. The number of nitrogens with zero attached hydrogens (tertiary/aromatic N) is 2. The fourth-order valence-electron chi connectivity index (χ4n) is 1.35. The molecule has 0 aliphatic rings. The van der Waals surface area contributed by atoms with Crippen molar-refractivity contribution < 1.29 is 27.0 Å². The van der Waals surface area contributed by atoms with Crippen molar-refractivity contribution in [2.75, 3.05) is 26.1 Å². The molecule has 10 heteroatoms. The van der Waals surface area contributed by atoms with Gasteiger partial charge in [0.2, 0.25) is 0 Å². The Morgan fingerprint density at radius 1 is 1.29 bits per heavy atom. The van der Waals surface area contributed by atoms with Crippen LogP contribution in [0.2, 0.25) is 0 Å². The Hall–Kier alpha value is -0.750. The minimum Gasteiger partial charge on any atom is -0.378 e. The molecule has 0 atom stereocenters. The molecule has 1 aromatic heterocycles. The van der Waals surface area contributed by atoms with Gasteiger partial charge in [0.05, 0.1) is 15.9 Å². The number of methoxy groups -OCH3 is 1. The maximum Gasteiger partial charge on any atom is 0.330 e. The first kappa shape index (κ1) is 18.3. The zero-order valence-electron chi connectivity index (χ0n) is 11.3. The molecule has 1 heterocycles. The van der Waals surface area contributed by atoms with Gasteiger partial charge in [-0.2, -0.15) is 8.78 Å². The predicted octanol–water partition coefficient (Wildman–Crippen LogP) is 2.69. The molecule has 0 saturated carbocycles. The molecule has 0 amide bonds. The smallest absolute Gasteiger partial charge is 0.330 e. The van der Waals surface area contributed by atoms with E-state index in [-0.39, 0.29) is 12.4 Å². The van der Waals surface area contributed by atoms with Crippen molar-refractivity contribution in [3.05, 3.63) is 15.1 Å². The van der Waals surface area contributed by atoms with Crippen LogP contribution in [0.4, 0.5) is 23.4 Å². The van der Waals surface area contributed by atoms with E-state index >= 15 is 0 Å². The lowest BCUT2D eigenvalue weighted by molar-refractivity contribution is -0.168. The number of ether oxygens (including phenoxy) is 2. The molecule has 0 saturated heterocycles. The van der Waals surface area contributed by atoms with E-state index in [2.05, 4.69) is 20.0 Å². The first-order valence-corrected chi connectivity index (χ1v) is 6.85. The van der Waals surface area contributed by atoms with Gasteiger partial charge in [-0.25, -0.2) is 18.7 Å². The van der Waals surface area contributed by atoms with Crippen LogP contribution in [0, 0.1) is 3.57 Å². The van der Waals surface area contributed by atoms with Gasteiger partial charge in [-0.05, 0) is 22.6 Å². The van der Waals surface area contributed by atoms with Crippen molar-refractivity contribution in [3.8, 4) is 0 Å². The molecule has 0 aliphatic carbocycles. The number of aromatic nitrogens is 2. The molecule has 1 N–H and O–H groups in total. The Morgan fingerprint density at radius 3 is 2.48 bits per heavy atom. The van der Waals surface area contributed by atoms with Crippen molar-refractivity contribution in [1.82, 2.24) is 9.97 Å². The molecule has 0 bridgehead atoms. The van der Waals surface area contributed by atoms with Crippen molar-refractivity contribution in [3.63, 3.8) is 0 Å². The molecule has 0 fully saturated rings. The lowest BCUT2D eigenvalue weighted by Crippen LogP contribution is -2.32. The lowest BCUT2D eigenvalue weighted by Gasteiger charge is -2.15. The number of hydrogen-bond donors (Lipinski definition) is 1. The van der Waals surface area contributed by atoms with Crippen LogP contribution in [-0.4, -0.2) is 43.1 Å². The molecular weight excluding hydrogens is 409 g/mol. The minimum absolute atomic E-state index is 0.108. The molecule has 0 radical (unpaired) electrons. The van der Waals surface area contributed by atoms with Crippen LogP contribution in [0.1, 0.15) is 11.5 Å². The molecule has 0 aromatic carbocycles. The first-order chi connectivity index (χ1) is 9.81. The summed E-state index contributed by atoms with van der Waals surface area (Å²) < 4.78 is 59.7. The Bertz CT molecular complexity index is 477. The van der Waals surface area contributed by atoms with Gasteiger partial charge >= 0.3 is 12.3 Å². The van der Waals surface area contributed by atoms with Crippen LogP contribution in [-0.2, 0) is 22.7 Å². The van der Waals surface area contributed by atoms with E-state index in [1.54, 1.807) is 7.05 Å². The monoisotopic (exact) mass is 423 g/mol. The Morgan fingerprint density at radius 2 is 1.95 bits per heavy atom. The fourth-order valence-corrected chi connectivity index (χ4v) is 2.02. The van der Waals surface area contributed by atoms with E-state index < -0.39 is 25.6 Å². The maximum absolute atomic E-state index is 12.7. The number of alkyl halides is 4. The first-order valence-electron chi connectivity index (χ1n) is 5.77. The summed E-state index contributed by atoms with van der Waals surface area (Å²) >= 11 is 2.01. The van der Waals surface area contributed by atoms with E-state index in [1.807, 2.05) is 22.6 Å². The predicted molar refractivity (Wildman–Crippen MR) is 75.6 cm³/mol. The van der Waals surface area contributed by atoms with Gasteiger partial charge in [-0.1, -0.05) is 0 Å². The zero-order chi connectivity index (χ0) is 16.0. The summed E-state index contributed by atoms with van der Waals surface area (Å²) in [6.45, 7) is -1.59. The molecular formula is C11H14F4IN3O2. The lowest BCUT2D eigenvalue weighted by atomic mass is 10.3. The normalized spacial score (nSPS) is 12.0. The van der Waals surface area contributed by atoms with Crippen LogP contribution in [0.5, 0.6) is 0 Å². The van der Waals surface area contributed by atoms with Gasteiger partial charge in [-0.15, -0.1) is 0 Å². The molecule has 1 rings (SSSR count). The third-order valence-corrected chi connectivity index (χ3v) is 3.46. The second-order valence-corrected chi connectivity index (χ2v) is 5.07. The van der Waals surface area contributed by atoms with Gasteiger partial charge in [-0.3, -0.25) is 0 Å². The Labute approximate surface area is 132 Å². The van der Waals surface area contributed by atoms with E-state index in [0.29, 0.717) is 11.5 Å². The second kappa shape index (κ2) is 8.03. The summed E-state index contributed by atoms with van der Waals surface area (Å²) in [5.74, 6) is -3.60. The average molecular weight is 423 g/mol. The fraction of sp³-hybridized carbons (Fsp3) is 0.636. The topological polar surface area (TPSA) is 56.3 Å². The second-order valence-electron chi connectivity index (χ2n) is 3.99. The third-order valence-electron chi connectivity index (χ3n) is 2.33. The van der Waals surface area contributed by atoms with Crippen LogP contribution in [0.25, 0.3) is 0 Å². The molecule has 120 valence electrons. The third kappa shape index (κ3) is 5.18. The highest BCUT2D eigenvalue weighted by Gasteiger charge is 2.41. The Balaban J connectivity index is 2.77. The number of nitrogens with one attached hydrogen (secondary N) is 1. The highest BCUT2D eigenvalue weighted by atomic mass is 127. The molecule has 5 nitrogen and oxygen atoms in total. The summed E-state index contributed by atoms with van der Waals surface area (Å²) in [5.41, 5.74) is 0.552. The average Bonchev–Trinajstić information content (AvgIpc) is 2.42. The largest absolute Gasteiger partial charge is 0.378 e. The highest BCUT2D eigenvalue weighted by molar-refractivity contribution is 14.1. The van der Waals surface area contributed by atoms with Crippen molar-refractivity contribution in [2.24, 2.45) is 0 Å². The molecule has 1 aromatic rings. The SMILES string of the molecule is CNc1nc(COCC(F)(F)C(F)F)nc(COC)c1I. The molecule has 0 unspecified atom stereocenters. The van der Waals surface area contributed by atoms with Crippen molar-refractivity contribution in [1.29, 1.82) is 0 Å². The van der Waals surface area contributed by atoms with Gasteiger partial charge in [0, 0.05) is 14.2 Å². The van der Waals surface area contributed by atoms with E-state index in [4.69, 9.17) is 4.74 Å².